The largest absolute Gasteiger partial charge is 0.496 e. The molecule has 172 valence electrons. The van der Waals surface area contributed by atoms with Crippen LogP contribution in [0.25, 0.3) is 0 Å². The second kappa shape index (κ2) is 14.3. The van der Waals surface area contributed by atoms with E-state index in [-0.39, 0.29) is 30.0 Å². The Morgan fingerprint density at radius 3 is 2.33 bits per heavy atom. The summed E-state index contributed by atoms with van der Waals surface area (Å²) in [5, 5.41) is 9.19. The third kappa shape index (κ3) is 10.9. The fourth-order valence-corrected chi connectivity index (χ4v) is 2.66. The van der Waals surface area contributed by atoms with Crippen molar-refractivity contribution in [3.05, 3.63) is 29.8 Å². The number of aliphatic imine (C=N–C) groups is 1. The number of likely N-dealkylation sites (N-methyl/N-ethyl adjacent to an activating group) is 1. The average molecular weight is 535 g/mol. The van der Waals surface area contributed by atoms with E-state index in [1.807, 2.05) is 60.0 Å². The zero-order valence-electron chi connectivity index (χ0n) is 19.2. The molecule has 0 fully saturated rings. The number of rotatable bonds is 9. The Balaban J connectivity index is 0.00000841. The summed E-state index contributed by atoms with van der Waals surface area (Å²) in [6.45, 7) is 9.79. The SMILES string of the molecule is CCNC(=NCC(c1ccccc1OC)N(C)C)NCCNC(=O)OC(C)(C)C.I. The smallest absolute Gasteiger partial charge is 0.407 e. The average Bonchev–Trinajstić information content (AvgIpc) is 2.63. The number of alkyl carbamates (subject to hydrolysis) is 1. The van der Waals surface area contributed by atoms with Crippen LogP contribution >= 0.6 is 24.0 Å². The van der Waals surface area contributed by atoms with E-state index in [1.165, 1.54) is 0 Å². The lowest BCUT2D eigenvalue weighted by Gasteiger charge is -2.25. The zero-order valence-corrected chi connectivity index (χ0v) is 21.6. The molecule has 1 amide bonds. The molecule has 1 aromatic carbocycles. The molecular weight excluding hydrogens is 497 g/mol. The van der Waals surface area contributed by atoms with E-state index in [1.54, 1.807) is 7.11 Å². The number of hydrogen-bond acceptors (Lipinski definition) is 5. The molecule has 9 heteroatoms. The minimum Gasteiger partial charge on any atom is -0.496 e. The number of nitrogens with one attached hydrogen (secondary N) is 3. The molecule has 1 atom stereocenters. The number of halogens is 1. The monoisotopic (exact) mass is 535 g/mol. The molecule has 0 bridgehead atoms. The van der Waals surface area contributed by atoms with E-state index in [2.05, 4.69) is 26.9 Å². The minimum atomic E-state index is -0.506. The van der Waals surface area contributed by atoms with E-state index in [9.17, 15) is 4.79 Å². The van der Waals surface area contributed by atoms with Crippen molar-refractivity contribution in [2.24, 2.45) is 4.99 Å². The number of benzene rings is 1. The van der Waals surface area contributed by atoms with Gasteiger partial charge in [0.1, 0.15) is 11.4 Å². The van der Waals surface area contributed by atoms with Gasteiger partial charge in [0.15, 0.2) is 5.96 Å². The van der Waals surface area contributed by atoms with Gasteiger partial charge < -0.3 is 30.3 Å². The predicted molar refractivity (Wildman–Crippen MR) is 133 cm³/mol. The van der Waals surface area contributed by atoms with Gasteiger partial charge in [0, 0.05) is 25.2 Å². The Labute approximate surface area is 198 Å². The number of amides is 1. The zero-order chi connectivity index (χ0) is 21.9. The first-order valence-electron chi connectivity index (χ1n) is 9.96. The molecule has 1 rings (SSSR count). The van der Waals surface area contributed by atoms with E-state index < -0.39 is 11.7 Å². The molecule has 30 heavy (non-hydrogen) atoms. The molecule has 0 heterocycles. The first kappa shape index (κ1) is 28.2. The quantitative estimate of drug-likeness (QED) is 0.195. The van der Waals surface area contributed by atoms with E-state index in [0.717, 1.165) is 17.9 Å². The van der Waals surface area contributed by atoms with Crippen LogP contribution in [0, 0.1) is 0 Å². The Kier molecular flexibility index (Phi) is 13.5. The Morgan fingerprint density at radius 1 is 1.13 bits per heavy atom. The van der Waals surface area contributed by atoms with Crippen LogP contribution in [-0.4, -0.2) is 69.9 Å². The van der Waals surface area contributed by atoms with Crippen molar-refractivity contribution in [3.63, 3.8) is 0 Å². The number of hydrogen-bond donors (Lipinski definition) is 3. The van der Waals surface area contributed by atoms with Crippen LogP contribution in [0.4, 0.5) is 4.79 Å². The van der Waals surface area contributed by atoms with Gasteiger partial charge in [0.05, 0.1) is 19.7 Å². The number of carbonyl (C=O) groups excluding carboxylic acids is 1. The lowest BCUT2D eigenvalue weighted by molar-refractivity contribution is 0.0529. The maximum absolute atomic E-state index is 11.7. The first-order chi connectivity index (χ1) is 13.7. The molecule has 1 aromatic rings. The van der Waals surface area contributed by atoms with Gasteiger partial charge in [-0.3, -0.25) is 4.99 Å². The lowest BCUT2D eigenvalue weighted by atomic mass is 10.0. The molecule has 0 aliphatic rings. The third-order valence-corrected chi connectivity index (χ3v) is 3.97. The highest BCUT2D eigenvalue weighted by Crippen LogP contribution is 2.28. The molecule has 0 spiro atoms. The molecule has 0 aliphatic heterocycles. The van der Waals surface area contributed by atoms with Crippen LogP contribution in [-0.2, 0) is 4.74 Å². The molecule has 0 radical (unpaired) electrons. The van der Waals surface area contributed by atoms with E-state index in [4.69, 9.17) is 14.5 Å². The summed E-state index contributed by atoms with van der Waals surface area (Å²) in [7, 11) is 5.73. The summed E-state index contributed by atoms with van der Waals surface area (Å²) < 4.78 is 10.7. The summed E-state index contributed by atoms with van der Waals surface area (Å²) in [5.41, 5.74) is 0.583. The van der Waals surface area contributed by atoms with Gasteiger partial charge in [0.25, 0.3) is 0 Å². The number of guanidine groups is 1. The molecule has 0 aliphatic carbocycles. The molecule has 1 unspecified atom stereocenters. The number of para-hydroxylation sites is 1. The van der Waals surface area contributed by atoms with Crippen molar-refractivity contribution >= 4 is 36.0 Å². The lowest BCUT2D eigenvalue weighted by Crippen LogP contribution is -2.42. The van der Waals surface area contributed by atoms with E-state index >= 15 is 0 Å². The summed E-state index contributed by atoms with van der Waals surface area (Å²) >= 11 is 0. The van der Waals surface area contributed by atoms with Gasteiger partial charge in [-0.05, 0) is 47.9 Å². The van der Waals surface area contributed by atoms with Gasteiger partial charge >= 0.3 is 6.09 Å². The fourth-order valence-electron chi connectivity index (χ4n) is 2.66. The van der Waals surface area contributed by atoms with Gasteiger partial charge in [-0.1, -0.05) is 18.2 Å². The molecular formula is C21H38IN5O3. The number of methoxy groups -OCH3 is 1. The Bertz CT molecular complexity index is 662. The van der Waals surface area contributed by atoms with Gasteiger partial charge in [0.2, 0.25) is 0 Å². The van der Waals surface area contributed by atoms with Gasteiger partial charge in [-0.2, -0.15) is 0 Å². The maximum Gasteiger partial charge on any atom is 0.407 e. The van der Waals surface area contributed by atoms with Crippen molar-refractivity contribution in [2.75, 3.05) is 47.4 Å². The summed E-state index contributed by atoms with van der Waals surface area (Å²) in [6, 6.07) is 8.05. The highest BCUT2D eigenvalue weighted by atomic mass is 127. The highest BCUT2D eigenvalue weighted by molar-refractivity contribution is 14.0. The summed E-state index contributed by atoms with van der Waals surface area (Å²) in [6.07, 6.45) is -0.426. The summed E-state index contributed by atoms with van der Waals surface area (Å²) in [5.74, 6) is 1.54. The third-order valence-electron chi connectivity index (χ3n) is 3.97. The van der Waals surface area contributed by atoms with Crippen molar-refractivity contribution < 1.29 is 14.3 Å². The Hall–Kier alpha value is -1.75. The van der Waals surface area contributed by atoms with Crippen LogP contribution in [0.15, 0.2) is 29.3 Å². The van der Waals surface area contributed by atoms with Crippen molar-refractivity contribution in [1.82, 2.24) is 20.9 Å². The fraction of sp³-hybridized carbons (Fsp3) is 0.619. The summed E-state index contributed by atoms with van der Waals surface area (Å²) in [4.78, 5) is 18.5. The molecule has 3 N–H and O–H groups in total. The van der Waals surface area contributed by atoms with Crippen molar-refractivity contribution in [3.8, 4) is 5.75 Å². The number of ether oxygens (including phenoxy) is 2. The van der Waals surface area contributed by atoms with Crippen LogP contribution < -0.4 is 20.7 Å². The Morgan fingerprint density at radius 2 is 1.77 bits per heavy atom. The van der Waals surface area contributed by atoms with Crippen LogP contribution in [0.3, 0.4) is 0 Å². The molecule has 0 aromatic heterocycles. The predicted octanol–water partition coefficient (Wildman–Crippen LogP) is 3.00. The van der Waals surface area contributed by atoms with Gasteiger partial charge in [-0.15, -0.1) is 24.0 Å². The normalized spacial score (nSPS) is 12.6. The second-order valence-electron chi connectivity index (χ2n) is 7.80. The number of carbonyl (C=O) groups is 1. The van der Waals surface area contributed by atoms with Gasteiger partial charge in [-0.25, -0.2) is 4.79 Å². The highest BCUT2D eigenvalue weighted by Gasteiger charge is 2.18. The maximum atomic E-state index is 11.7. The minimum absolute atomic E-state index is 0. The van der Waals surface area contributed by atoms with Crippen LogP contribution in [0.1, 0.15) is 39.3 Å². The van der Waals surface area contributed by atoms with Crippen LogP contribution in [0.5, 0.6) is 5.75 Å². The number of nitrogens with zero attached hydrogens (tertiary/aromatic N) is 2. The topological polar surface area (TPSA) is 87.2 Å². The van der Waals surface area contributed by atoms with Crippen LogP contribution in [0.2, 0.25) is 0 Å². The first-order valence-corrected chi connectivity index (χ1v) is 9.96. The molecule has 0 saturated heterocycles. The molecule has 8 nitrogen and oxygen atoms in total. The standard InChI is InChI=1S/C21H37N5O3.HI/c1-8-22-19(23-13-14-24-20(27)29-21(2,3)4)25-15-17(26(5)6)16-11-9-10-12-18(16)28-7;/h9-12,17H,8,13-15H2,1-7H3,(H,24,27)(H2,22,23,25);1H. The molecule has 0 saturated carbocycles. The van der Waals surface area contributed by atoms with Crippen molar-refractivity contribution in [2.45, 2.75) is 39.3 Å². The van der Waals surface area contributed by atoms with E-state index in [0.29, 0.717) is 25.6 Å². The second-order valence-corrected chi connectivity index (χ2v) is 7.80. The van der Waals surface area contributed by atoms with Crippen molar-refractivity contribution in [1.29, 1.82) is 0 Å².